The van der Waals surface area contributed by atoms with Gasteiger partial charge in [0.1, 0.15) is 5.56 Å². The summed E-state index contributed by atoms with van der Waals surface area (Å²) in [6.07, 6.45) is 3.03. The number of aromatic nitrogens is 2. The fourth-order valence-electron chi connectivity index (χ4n) is 1.99. The minimum Gasteiger partial charge on any atom is -0.478 e. The van der Waals surface area contributed by atoms with Gasteiger partial charge in [-0.2, -0.15) is 5.10 Å². The van der Waals surface area contributed by atoms with Gasteiger partial charge in [0, 0.05) is 0 Å². The Morgan fingerprint density at radius 1 is 1.22 bits per heavy atom. The maximum atomic E-state index is 11.1. The van der Waals surface area contributed by atoms with Gasteiger partial charge in [0.2, 0.25) is 0 Å². The summed E-state index contributed by atoms with van der Waals surface area (Å²) in [6.45, 7) is 4.03. The molecule has 2 aromatic rings. The van der Waals surface area contributed by atoms with Crippen LogP contribution in [-0.4, -0.2) is 20.9 Å². The number of rotatable bonds is 4. The molecule has 0 aliphatic rings. The summed E-state index contributed by atoms with van der Waals surface area (Å²) in [5.74, 6) is -0.928. The van der Waals surface area contributed by atoms with Gasteiger partial charge in [-0.1, -0.05) is 26.0 Å². The molecule has 0 aliphatic carbocycles. The summed E-state index contributed by atoms with van der Waals surface area (Å²) >= 11 is 0. The Morgan fingerprint density at radius 3 is 2.39 bits per heavy atom. The SMILES string of the molecule is CCc1ccc(-n2ncc(C(=O)O)c2CC)cc1. The molecule has 94 valence electrons. The molecule has 1 heterocycles. The zero-order valence-corrected chi connectivity index (χ0v) is 10.6. The Morgan fingerprint density at radius 2 is 1.89 bits per heavy atom. The van der Waals surface area contributed by atoms with Crippen molar-refractivity contribution in [2.45, 2.75) is 26.7 Å². The molecule has 1 aromatic heterocycles. The normalized spacial score (nSPS) is 10.6. The molecule has 0 radical (unpaired) electrons. The molecule has 0 saturated carbocycles. The number of carboxylic acid groups (broad SMARTS) is 1. The highest BCUT2D eigenvalue weighted by molar-refractivity contribution is 5.88. The van der Waals surface area contributed by atoms with Crippen LogP contribution in [0.25, 0.3) is 5.69 Å². The summed E-state index contributed by atoms with van der Waals surface area (Å²) in [5.41, 5.74) is 3.16. The molecule has 18 heavy (non-hydrogen) atoms. The second-order valence-electron chi connectivity index (χ2n) is 4.10. The van der Waals surface area contributed by atoms with Gasteiger partial charge >= 0.3 is 5.97 Å². The Kier molecular flexibility index (Phi) is 3.46. The van der Waals surface area contributed by atoms with Gasteiger partial charge in [-0.3, -0.25) is 0 Å². The summed E-state index contributed by atoms with van der Waals surface area (Å²) in [6, 6.07) is 8.01. The lowest BCUT2D eigenvalue weighted by atomic mass is 10.1. The third kappa shape index (κ3) is 2.14. The number of hydrogen-bond donors (Lipinski definition) is 1. The van der Waals surface area contributed by atoms with Crippen molar-refractivity contribution in [1.29, 1.82) is 0 Å². The molecular formula is C14H16N2O2. The first-order valence-corrected chi connectivity index (χ1v) is 6.06. The van der Waals surface area contributed by atoms with Crippen LogP contribution in [0.4, 0.5) is 0 Å². The minimum atomic E-state index is -0.928. The van der Waals surface area contributed by atoms with Crippen molar-refractivity contribution in [3.05, 3.63) is 47.3 Å². The summed E-state index contributed by atoms with van der Waals surface area (Å²) in [5, 5.41) is 13.3. The summed E-state index contributed by atoms with van der Waals surface area (Å²) < 4.78 is 1.70. The van der Waals surface area contributed by atoms with Crippen LogP contribution in [0.5, 0.6) is 0 Å². The van der Waals surface area contributed by atoms with E-state index in [9.17, 15) is 4.79 Å². The first-order valence-electron chi connectivity index (χ1n) is 6.06. The van der Waals surface area contributed by atoms with E-state index in [1.807, 2.05) is 31.2 Å². The van der Waals surface area contributed by atoms with E-state index in [1.165, 1.54) is 11.8 Å². The second-order valence-corrected chi connectivity index (χ2v) is 4.10. The third-order valence-electron chi connectivity index (χ3n) is 3.02. The van der Waals surface area contributed by atoms with E-state index in [-0.39, 0.29) is 5.56 Å². The zero-order chi connectivity index (χ0) is 13.1. The number of aromatic carboxylic acids is 1. The molecule has 0 bridgehead atoms. The van der Waals surface area contributed by atoms with Gasteiger partial charge in [0.05, 0.1) is 17.6 Å². The number of nitrogens with zero attached hydrogens (tertiary/aromatic N) is 2. The highest BCUT2D eigenvalue weighted by Gasteiger charge is 2.15. The van der Waals surface area contributed by atoms with Crippen LogP contribution in [0.1, 0.15) is 35.5 Å². The van der Waals surface area contributed by atoms with E-state index in [2.05, 4.69) is 12.0 Å². The fourth-order valence-corrected chi connectivity index (χ4v) is 1.99. The van der Waals surface area contributed by atoms with Crippen LogP contribution in [0, 0.1) is 0 Å². The molecule has 0 unspecified atom stereocenters. The molecule has 0 saturated heterocycles. The standard InChI is InChI=1S/C14H16N2O2/c1-3-10-5-7-11(8-6-10)16-13(4-2)12(9-15-16)14(17)18/h5-9H,3-4H2,1-2H3,(H,17,18). The van der Waals surface area contributed by atoms with Crippen molar-refractivity contribution in [1.82, 2.24) is 9.78 Å². The quantitative estimate of drug-likeness (QED) is 0.899. The predicted molar refractivity (Wildman–Crippen MR) is 69.3 cm³/mol. The molecule has 0 fully saturated rings. The van der Waals surface area contributed by atoms with Crippen molar-refractivity contribution >= 4 is 5.97 Å². The van der Waals surface area contributed by atoms with Gasteiger partial charge in [0.15, 0.2) is 0 Å². The third-order valence-corrected chi connectivity index (χ3v) is 3.02. The highest BCUT2D eigenvalue weighted by Crippen LogP contribution is 2.16. The van der Waals surface area contributed by atoms with E-state index in [4.69, 9.17) is 5.11 Å². The van der Waals surface area contributed by atoms with Gasteiger partial charge in [-0.05, 0) is 30.5 Å². The largest absolute Gasteiger partial charge is 0.478 e. The predicted octanol–water partition coefficient (Wildman–Crippen LogP) is 2.70. The summed E-state index contributed by atoms with van der Waals surface area (Å²) in [4.78, 5) is 11.1. The fraction of sp³-hybridized carbons (Fsp3) is 0.286. The molecule has 0 aliphatic heterocycles. The van der Waals surface area contributed by atoms with Crippen LogP contribution in [-0.2, 0) is 12.8 Å². The lowest BCUT2D eigenvalue weighted by Gasteiger charge is -2.07. The van der Waals surface area contributed by atoms with Crippen molar-refractivity contribution < 1.29 is 9.90 Å². The number of benzene rings is 1. The number of carbonyl (C=O) groups is 1. The monoisotopic (exact) mass is 244 g/mol. The molecule has 4 heteroatoms. The van der Waals surface area contributed by atoms with Crippen molar-refractivity contribution in [3.63, 3.8) is 0 Å². The molecule has 4 nitrogen and oxygen atoms in total. The Labute approximate surface area is 106 Å². The highest BCUT2D eigenvalue weighted by atomic mass is 16.4. The van der Waals surface area contributed by atoms with Crippen molar-refractivity contribution in [2.24, 2.45) is 0 Å². The van der Waals surface area contributed by atoms with E-state index >= 15 is 0 Å². The molecule has 1 N–H and O–H groups in total. The molecule has 0 amide bonds. The maximum Gasteiger partial charge on any atom is 0.339 e. The van der Waals surface area contributed by atoms with Gasteiger partial charge in [-0.25, -0.2) is 9.48 Å². The topological polar surface area (TPSA) is 55.1 Å². The van der Waals surface area contributed by atoms with Crippen molar-refractivity contribution in [3.8, 4) is 5.69 Å². The van der Waals surface area contributed by atoms with Crippen LogP contribution >= 0.6 is 0 Å². The van der Waals surface area contributed by atoms with E-state index < -0.39 is 5.97 Å². The lowest BCUT2D eigenvalue weighted by Crippen LogP contribution is -2.05. The van der Waals surface area contributed by atoms with Crippen LogP contribution in [0.2, 0.25) is 0 Å². The summed E-state index contributed by atoms with van der Waals surface area (Å²) in [7, 11) is 0. The number of hydrogen-bond acceptors (Lipinski definition) is 2. The molecule has 2 rings (SSSR count). The smallest absolute Gasteiger partial charge is 0.339 e. The average Bonchev–Trinajstić information content (AvgIpc) is 2.82. The first-order chi connectivity index (χ1) is 8.67. The maximum absolute atomic E-state index is 11.1. The van der Waals surface area contributed by atoms with E-state index in [0.29, 0.717) is 6.42 Å². The number of carboxylic acids is 1. The molecule has 1 aromatic carbocycles. The van der Waals surface area contributed by atoms with Crippen LogP contribution in [0.15, 0.2) is 30.5 Å². The van der Waals surface area contributed by atoms with Gasteiger partial charge < -0.3 is 5.11 Å². The Balaban J connectivity index is 2.46. The molecule has 0 atom stereocenters. The lowest BCUT2D eigenvalue weighted by molar-refractivity contribution is 0.0695. The van der Waals surface area contributed by atoms with Gasteiger partial charge in [-0.15, -0.1) is 0 Å². The molecule has 0 spiro atoms. The Hall–Kier alpha value is -2.10. The van der Waals surface area contributed by atoms with Crippen LogP contribution in [0.3, 0.4) is 0 Å². The minimum absolute atomic E-state index is 0.275. The van der Waals surface area contributed by atoms with E-state index in [0.717, 1.165) is 17.8 Å². The number of aryl methyl sites for hydroxylation is 1. The average molecular weight is 244 g/mol. The second kappa shape index (κ2) is 5.04. The Bertz CT molecular complexity index is 556. The molecular weight excluding hydrogens is 228 g/mol. The zero-order valence-electron chi connectivity index (χ0n) is 10.6. The van der Waals surface area contributed by atoms with E-state index in [1.54, 1.807) is 4.68 Å². The van der Waals surface area contributed by atoms with Crippen molar-refractivity contribution in [2.75, 3.05) is 0 Å². The van der Waals surface area contributed by atoms with Gasteiger partial charge in [0.25, 0.3) is 0 Å². The first kappa shape index (κ1) is 12.4. The van der Waals surface area contributed by atoms with Crippen LogP contribution < -0.4 is 0 Å².